The predicted octanol–water partition coefficient (Wildman–Crippen LogP) is 3.94. The maximum atomic E-state index is 14.3. The first-order chi connectivity index (χ1) is 16.5. The summed E-state index contributed by atoms with van der Waals surface area (Å²) in [6.07, 6.45) is 1.56. The highest BCUT2D eigenvalue weighted by molar-refractivity contribution is 6.30. The number of amides is 2. The molecule has 2 amide bonds. The number of rotatable bonds is 4. The monoisotopic (exact) mass is 503 g/mol. The minimum absolute atomic E-state index is 0.0547. The van der Waals surface area contributed by atoms with Crippen LogP contribution in [0, 0.1) is 18.6 Å². The first-order valence-electron chi connectivity index (χ1n) is 10.6. The van der Waals surface area contributed by atoms with Gasteiger partial charge in [-0.15, -0.1) is 0 Å². The summed E-state index contributed by atoms with van der Waals surface area (Å²) in [6.45, 7) is 1.78. The van der Waals surface area contributed by atoms with E-state index in [0.717, 1.165) is 12.1 Å². The number of hydrogen-bond donors (Lipinski definition) is 1. The molecule has 0 saturated carbocycles. The zero-order valence-corrected chi connectivity index (χ0v) is 20.1. The number of aryl methyl sites for hydroxylation is 2. The molecule has 0 bridgehead atoms. The molecular formula is C25H24ClF2N3O4. The Morgan fingerprint density at radius 3 is 2.26 bits per heavy atom. The maximum Gasteiger partial charge on any atom is 0.274 e. The Bertz CT molecular complexity index is 1300. The van der Waals surface area contributed by atoms with Crippen molar-refractivity contribution in [1.82, 2.24) is 4.57 Å². The van der Waals surface area contributed by atoms with E-state index in [1.807, 2.05) is 0 Å². The first-order valence-corrected chi connectivity index (χ1v) is 11.0. The van der Waals surface area contributed by atoms with E-state index in [0.29, 0.717) is 16.1 Å². The molecule has 184 valence electrons. The third-order valence-electron chi connectivity index (χ3n) is 5.66. The molecule has 1 saturated heterocycles. The van der Waals surface area contributed by atoms with Gasteiger partial charge in [0, 0.05) is 60.4 Å². The minimum Gasteiger partial charge on any atom is -0.497 e. The normalized spacial score (nSPS) is 15.0. The van der Waals surface area contributed by atoms with Gasteiger partial charge >= 0.3 is 0 Å². The molecule has 7 nitrogen and oxygen atoms in total. The highest BCUT2D eigenvalue weighted by Gasteiger charge is 2.36. The van der Waals surface area contributed by atoms with Gasteiger partial charge in [0.1, 0.15) is 23.1 Å². The van der Waals surface area contributed by atoms with Gasteiger partial charge in [0.2, 0.25) is 11.8 Å². The minimum atomic E-state index is -0.755. The predicted molar refractivity (Wildman–Crippen MR) is 129 cm³/mol. The van der Waals surface area contributed by atoms with Crippen LogP contribution in [0.25, 0.3) is 0 Å². The van der Waals surface area contributed by atoms with Crippen molar-refractivity contribution in [2.45, 2.75) is 19.3 Å². The topological polar surface area (TPSA) is 94.6 Å². The molecule has 4 rings (SSSR count). The number of carbonyl (C=O) groups is 2. The van der Waals surface area contributed by atoms with Crippen LogP contribution in [0.15, 0.2) is 53.5 Å². The number of anilines is 1. The Balaban J connectivity index is 0.000000287. The number of benzene rings is 2. The van der Waals surface area contributed by atoms with Gasteiger partial charge in [0.15, 0.2) is 0 Å². The summed E-state index contributed by atoms with van der Waals surface area (Å²) in [5.41, 5.74) is 5.89. The van der Waals surface area contributed by atoms with Gasteiger partial charge in [-0.05, 0) is 42.8 Å². The quantitative estimate of drug-likeness (QED) is 0.583. The standard InChI is InChI=1S/C18H18F2N2O3.C7H6ClNO/c1-10-4-5-21(2)18(24)17(10)22-9-11(6-15(22)23)16-13(19)7-12(25-3)8-14(16)20;8-6-3-1-5(2-4-6)7(9)10/h4-5,7-8,11H,6,9H2,1-3H3;1-4H,(H2,9,10). The van der Waals surface area contributed by atoms with Crippen molar-refractivity contribution in [3.63, 3.8) is 0 Å². The molecule has 2 N–H and O–H groups in total. The number of hydrogen-bond acceptors (Lipinski definition) is 4. The van der Waals surface area contributed by atoms with Crippen LogP contribution in [0.1, 0.15) is 33.8 Å². The Morgan fingerprint density at radius 2 is 1.71 bits per heavy atom. The van der Waals surface area contributed by atoms with Crippen molar-refractivity contribution in [1.29, 1.82) is 0 Å². The first kappa shape index (κ1) is 25.9. The molecule has 0 radical (unpaired) electrons. The lowest BCUT2D eigenvalue weighted by Crippen LogP contribution is -2.33. The van der Waals surface area contributed by atoms with Crippen LogP contribution in [0.5, 0.6) is 5.75 Å². The van der Waals surface area contributed by atoms with Crippen LogP contribution >= 0.6 is 11.6 Å². The number of halogens is 3. The fourth-order valence-electron chi connectivity index (χ4n) is 3.83. The second-order valence-corrected chi connectivity index (χ2v) is 8.48. The molecule has 35 heavy (non-hydrogen) atoms. The summed E-state index contributed by atoms with van der Waals surface area (Å²) >= 11 is 5.56. The average molecular weight is 504 g/mol. The summed E-state index contributed by atoms with van der Waals surface area (Å²) < 4.78 is 34.8. The fourth-order valence-corrected chi connectivity index (χ4v) is 3.96. The van der Waals surface area contributed by atoms with Gasteiger partial charge < -0.3 is 19.9 Å². The van der Waals surface area contributed by atoms with E-state index in [9.17, 15) is 23.2 Å². The molecule has 1 unspecified atom stereocenters. The molecule has 0 aliphatic carbocycles. The second-order valence-electron chi connectivity index (χ2n) is 8.04. The number of aromatic nitrogens is 1. The Hall–Kier alpha value is -3.72. The van der Waals surface area contributed by atoms with E-state index in [2.05, 4.69) is 0 Å². The smallest absolute Gasteiger partial charge is 0.274 e. The van der Waals surface area contributed by atoms with Gasteiger partial charge in [0.05, 0.1) is 7.11 Å². The number of ether oxygens (including phenoxy) is 1. The summed E-state index contributed by atoms with van der Waals surface area (Å²) in [6, 6.07) is 10.3. The highest BCUT2D eigenvalue weighted by atomic mass is 35.5. The van der Waals surface area contributed by atoms with Crippen LogP contribution in [0.2, 0.25) is 5.02 Å². The molecule has 1 fully saturated rings. The van der Waals surface area contributed by atoms with Gasteiger partial charge in [-0.25, -0.2) is 8.78 Å². The number of carbonyl (C=O) groups excluding carboxylic acids is 2. The molecule has 3 aromatic rings. The largest absolute Gasteiger partial charge is 0.497 e. The van der Waals surface area contributed by atoms with Gasteiger partial charge in [-0.3, -0.25) is 14.4 Å². The van der Waals surface area contributed by atoms with Gasteiger partial charge in [0.25, 0.3) is 5.56 Å². The number of primary amides is 1. The molecular weight excluding hydrogens is 480 g/mol. The highest BCUT2D eigenvalue weighted by Crippen LogP contribution is 2.35. The summed E-state index contributed by atoms with van der Waals surface area (Å²) in [5.74, 6) is -2.86. The van der Waals surface area contributed by atoms with Crippen LogP contribution in [0.4, 0.5) is 14.5 Å². The molecule has 1 aliphatic rings. The van der Waals surface area contributed by atoms with E-state index >= 15 is 0 Å². The molecule has 2 aromatic carbocycles. The van der Waals surface area contributed by atoms with E-state index in [1.54, 1.807) is 50.5 Å². The van der Waals surface area contributed by atoms with Crippen molar-refractivity contribution < 1.29 is 23.1 Å². The van der Waals surface area contributed by atoms with Crippen LogP contribution in [-0.2, 0) is 11.8 Å². The van der Waals surface area contributed by atoms with E-state index in [4.69, 9.17) is 22.1 Å². The average Bonchev–Trinajstić information content (AvgIpc) is 3.17. The molecule has 1 aromatic heterocycles. The van der Waals surface area contributed by atoms with Crippen molar-refractivity contribution >= 4 is 29.1 Å². The summed E-state index contributed by atoms with van der Waals surface area (Å²) in [7, 11) is 2.91. The van der Waals surface area contributed by atoms with Gasteiger partial charge in [-0.2, -0.15) is 0 Å². The van der Waals surface area contributed by atoms with E-state index in [1.165, 1.54) is 16.6 Å². The fraction of sp³-hybridized carbons (Fsp3) is 0.240. The lowest BCUT2D eigenvalue weighted by molar-refractivity contribution is -0.117. The van der Waals surface area contributed by atoms with Crippen molar-refractivity contribution in [2.24, 2.45) is 12.8 Å². The van der Waals surface area contributed by atoms with E-state index < -0.39 is 23.5 Å². The van der Waals surface area contributed by atoms with Crippen LogP contribution in [0.3, 0.4) is 0 Å². The Kier molecular flexibility index (Phi) is 7.91. The van der Waals surface area contributed by atoms with Crippen LogP contribution in [-0.4, -0.2) is 30.0 Å². The molecule has 1 aliphatic heterocycles. The van der Waals surface area contributed by atoms with Crippen LogP contribution < -0.4 is 20.9 Å². The Labute approximate surface area is 205 Å². The molecule has 1 atom stereocenters. The number of methoxy groups -OCH3 is 1. The summed E-state index contributed by atoms with van der Waals surface area (Å²) in [4.78, 5) is 36.6. The summed E-state index contributed by atoms with van der Waals surface area (Å²) in [5, 5.41) is 0.602. The number of nitrogens with zero attached hydrogens (tertiary/aromatic N) is 2. The zero-order valence-electron chi connectivity index (χ0n) is 19.3. The number of pyridine rings is 1. The molecule has 0 spiro atoms. The lowest BCUT2D eigenvalue weighted by atomic mass is 9.97. The second kappa shape index (κ2) is 10.7. The number of nitrogens with two attached hydrogens (primary N) is 1. The lowest BCUT2D eigenvalue weighted by Gasteiger charge is -2.19. The zero-order chi connectivity index (χ0) is 25.9. The SMILES string of the molecule is COc1cc(F)c(C2CC(=O)N(c3c(C)ccn(C)c3=O)C2)c(F)c1.NC(=O)c1ccc(Cl)cc1. The van der Waals surface area contributed by atoms with E-state index in [-0.39, 0.29) is 41.4 Å². The third kappa shape index (κ3) is 5.68. The molecule has 2 heterocycles. The van der Waals surface area contributed by atoms with Crippen molar-refractivity contribution in [3.8, 4) is 5.75 Å². The third-order valence-corrected chi connectivity index (χ3v) is 5.92. The van der Waals surface area contributed by atoms with Gasteiger partial charge in [-0.1, -0.05) is 11.6 Å². The van der Waals surface area contributed by atoms with Crippen molar-refractivity contribution in [2.75, 3.05) is 18.6 Å². The molecule has 10 heteroatoms. The maximum absolute atomic E-state index is 14.3. The van der Waals surface area contributed by atoms with Crippen molar-refractivity contribution in [3.05, 3.63) is 92.4 Å². The Morgan fingerprint density at radius 1 is 1.11 bits per heavy atom.